The Labute approximate surface area is 134 Å². The number of aromatic nitrogens is 2. The van der Waals surface area contributed by atoms with Crippen molar-refractivity contribution >= 4 is 17.1 Å². The Hall–Kier alpha value is -2.08. The molecule has 1 unspecified atom stereocenters. The molecule has 3 heterocycles. The first-order valence-electron chi connectivity index (χ1n) is 8.18. The van der Waals surface area contributed by atoms with E-state index in [0.717, 1.165) is 23.0 Å². The second kappa shape index (κ2) is 5.23. The van der Waals surface area contributed by atoms with Gasteiger partial charge in [0.15, 0.2) is 0 Å². The van der Waals surface area contributed by atoms with E-state index in [1.165, 1.54) is 12.8 Å². The highest BCUT2D eigenvalue weighted by atomic mass is 16.6. The summed E-state index contributed by atoms with van der Waals surface area (Å²) in [5.41, 5.74) is 1.77. The molecule has 6 nitrogen and oxygen atoms in total. The number of nitrogens with zero attached hydrogens (tertiary/aromatic N) is 2. The molecule has 1 aromatic heterocycles. The summed E-state index contributed by atoms with van der Waals surface area (Å²) < 4.78 is 6.78. The molecule has 122 valence electrons. The number of hydrogen-bond acceptors (Lipinski definition) is 4. The molecule has 0 spiro atoms. The van der Waals surface area contributed by atoms with Crippen LogP contribution >= 0.6 is 0 Å². The van der Waals surface area contributed by atoms with Crippen molar-refractivity contribution in [1.29, 1.82) is 0 Å². The maximum atomic E-state index is 12.5. The van der Waals surface area contributed by atoms with Gasteiger partial charge in [-0.2, -0.15) is 4.57 Å². The molecule has 1 aromatic carbocycles. The fourth-order valence-electron chi connectivity index (χ4n) is 4.11. The van der Waals surface area contributed by atoms with Gasteiger partial charge in [0, 0.05) is 24.9 Å². The summed E-state index contributed by atoms with van der Waals surface area (Å²) in [6.45, 7) is 1.91. The minimum atomic E-state index is -0.569. The highest BCUT2D eigenvalue weighted by molar-refractivity contribution is 5.88. The number of nitrogens with one attached hydrogen (secondary N) is 1. The Morgan fingerprint density at radius 2 is 1.96 bits per heavy atom. The minimum Gasteiger partial charge on any atom is -0.445 e. The Morgan fingerprint density at radius 1 is 1.26 bits per heavy atom. The number of aryl methyl sites for hydroxylation is 1. The Bertz CT molecular complexity index is 808. The summed E-state index contributed by atoms with van der Waals surface area (Å²) in [6, 6.07) is 6.49. The number of piperidine rings is 1. The predicted molar refractivity (Wildman–Crippen MR) is 86.8 cm³/mol. The largest absolute Gasteiger partial charge is 0.445 e. The summed E-state index contributed by atoms with van der Waals surface area (Å²) in [4.78, 5) is 29.9. The van der Waals surface area contributed by atoms with E-state index in [2.05, 4.69) is 16.9 Å². The summed E-state index contributed by atoms with van der Waals surface area (Å²) in [6.07, 6.45) is 3.38. The molecule has 0 amide bonds. The molecule has 2 aliphatic rings. The fraction of sp³-hybridized carbons (Fsp3) is 0.529. The van der Waals surface area contributed by atoms with Crippen molar-refractivity contribution in [3.63, 3.8) is 0 Å². The number of para-hydroxylation sites is 1. The zero-order chi connectivity index (χ0) is 16.1. The SMILES string of the molecule is Cc1cccc2c1[nH]c(=O)n2C(=O)OC1C[C@H]2CC[C@@H](C1)N2C. The van der Waals surface area contributed by atoms with Crippen molar-refractivity contribution < 1.29 is 9.53 Å². The minimum absolute atomic E-state index is 0.0992. The van der Waals surface area contributed by atoms with Crippen molar-refractivity contribution in [3.05, 3.63) is 34.2 Å². The van der Waals surface area contributed by atoms with Crippen LogP contribution in [0.1, 0.15) is 31.2 Å². The van der Waals surface area contributed by atoms with E-state index in [-0.39, 0.29) is 6.10 Å². The second-order valence-electron chi connectivity index (χ2n) is 6.76. The maximum absolute atomic E-state index is 12.5. The van der Waals surface area contributed by atoms with Crippen LogP contribution in [0.4, 0.5) is 4.79 Å². The molecular formula is C17H21N3O3. The van der Waals surface area contributed by atoms with Gasteiger partial charge in [0.05, 0.1) is 11.0 Å². The number of ether oxygens (including phenoxy) is 1. The normalized spacial score (nSPS) is 27.5. The van der Waals surface area contributed by atoms with E-state index < -0.39 is 11.8 Å². The fourth-order valence-corrected chi connectivity index (χ4v) is 4.11. The molecule has 4 rings (SSSR count). The topological polar surface area (TPSA) is 67.3 Å². The van der Waals surface area contributed by atoms with Crippen molar-refractivity contribution in [2.24, 2.45) is 0 Å². The monoisotopic (exact) mass is 315 g/mol. The third kappa shape index (κ3) is 2.28. The van der Waals surface area contributed by atoms with E-state index in [4.69, 9.17) is 4.74 Å². The number of carbonyl (C=O) groups excluding carboxylic acids is 1. The highest BCUT2D eigenvalue weighted by Gasteiger charge is 2.40. The Morgan fingerprint density at radius 3 is 2.65 bits per heavy atom. The van der Waals surface area contributed by atoms with Gasteiger partial charge < -0.3 is 14.6 Å². The summed E-state index contributed by atoms with van der Waals surface area (Å²) in [5.74, 6) is 0. The van der Waals surface area contributed by atoms with Crippen LogP contribution in [0.15, 0.2) is 23.0 Å². The summed E-state index contributed by atoms with van der Waals surface area (Å²) in [7, 11) is 2.15. The van der Waals surface area contributed by atoms with Gasteiger partial charge >= 0.3 is 11.8 Å². The standard InChI is InChI=1S/C17H21N3O3/c1-10-4-3-5-14-15(10)18-16(21)20(14)17(22)23-13-8-11-6-7-12(9-13)19(11)2/h3-5,11-13H,6-9H2,1-2H3,(H,18,21)/t11-,12+,13?. The number of carbonyl (C=O) groups is 1. The lowest BCUT2D eigenvalue weighted by Crippen LogP contribution is -2.44. The van der Waals surface area contributed by atoms with Crippen LogP contribution in [0.25, 0.3) is 11.0 Å². The van der Waals surface area contributed by atoms with Gasteiger partial charge in [0.1, 0.15) is 6.10 Å². The molecule has 6 heteroatoms. The lowest BCUT2D eigenvalue weighted by molar-refractivity contribution is 0.0290. The molecular weight excluding hydrogens is 294 g/mol. The third-order valence-corrected chi connectivity index (χ3v) is 5.43. The lowest BCUT2D eigenvalue weighted by Gasteiger charge is -2.35. The van der Waals surface area contributed by atoms with Crippen LogP contribution in [-0.2, 0) is 4.74 Å². The van der Waals surface area contributed by atoms with E-state index >= 15 is 0 Å². The number of fused-ring (bicyclic) bond motifs is 3. The Balaban J connectivity index is 1.60. The van der Waals surface area contributed by atoms with E-state index in [9.17, 15) is 9.59 Å². The number of imidazole rings is 1. The molecule has 23 heavy (non-hydrogen) atoms. The van der Waals surface area contributed by atoms with E-state index in [1.54, 1.807) is 6.07 Å². The van der Waals surface area contributed by atoms with Gasteiger partial charge in [-0.15, -0.1) is 0 Å². The quantitative estimate of drug-likeness (QED) is 0.876. The number of H-pyrrole nitrogens is 1. The lowest BCUT2D eigenvalue weighted by atomic mass is 10.0. The van der Waals surface area contributed by atoms with Crippen molar-refractivity contribution in [2.45, 2.75) is 50.8 Å². The average Bonchev–Trinajstić information content (AvgIpc) is 2.92. The van der Waals surface area contributed by atoms with E-state index in [1.807, 2.05) is 19.1 Å². The third-order valence-electron chi connectivity index (χ3n) is 5.43. The van der Waals surface area contributed by atoms with Crippen LogP contribution in [0.3, 0.4) is 0 Å². The number of benzene rings is 1. The van der Waals surface area contributed by atoms with Crippen LogP contribution < -0.4 is 5.69 Å². The van der Waals surface area contributed by atoms with Gasteiger partial charge in [0.25, 0.3) is 0 Å². The molecule has 2 saturated heterocycles. The first-order chi connectivity index (χ1) is 11.0. The predicted octanol–water partition coefficient (Wildman–Crippen LogP) is 2.25. The molecule has 3 atom stereocenters. The molecule has 0 saturated carbocycles. The van der Waals surface area contributed by atoms with Gasteiger partial charge in [-0.05, 0) is 38.4 Å². The van der Waals surface area contributed by atoms with Crippen LogP contribution in [0, 0.1) is 6.92 Å². The number of aromatic amines is 1. The van der Waals surface area contributed by atoms with Gasteiger partial charge in [-0.3, -0.25) is 0 Å². The van der Waals surface area contributed by atoms with Crippen LogP contribution in [0.2, 0.25) is 0 Å². The second-order valence-corrected chi connectivity index (χ2v) is 6.76. The zero-order valence-electron chi connectivity index (χ0n) is 13.4. The molecule has 0 aliphatic carbocycles. The molecule has 2 fully saturated rings. The van der Waals surface area contributed by atoms with Crippen molar-refractivity contribution in [3.8, 4) is 0 Å². The number of hydrogen-bond donors (Lipinski definition) is 1. The Kier molecular flexibility index (Phi) is 3.30. The first kappa shape index (κ1) is 14.5. The molecule has 0 radical (unpaired) electrons. The maximum Gasteiger partial charge on any atom is 0.423 e. The van der Waals surface area contributed by atoms with Crippen LogP contribution in [-0.4, -0.2) is 45.8 Å². The smallest absolute Gasteiger partial charge is 0.423 e. The van der Waals surface area contributed by atoms with Crippen LogP contribution in [0.5, 0.6) is 0 Å². The van der Waals surface area contributed by atoms with Gasteiger partial charge in [0.2, 0.25) is 0 Å². The van der Waals surface area contributed by atoms with Crippen molar-refractivity contribution in [1.82, 2.24) is 14.5 Å². The molecule has 2 aliphatic heterocycles. The highest BCUT2D eigenvalue weighted by Crippen LogP contribution is 2.35. The first-order valence-corrected chi connectivity index (χ1v) is 8.18. The molecule has 2 aromatic rings. The molecule has 1 N–H and O–H groups in total. The summed E-state index contributed by atoms with van der Waals surface area (Å²) in [5, 5.41) is 0. The van der Waals surface area contributed by atoms with Gasteiger partial charge in [-0.1, -0.05) is 12.1 Å². The average molecular weight is 315 g/mol. The van der Waals surface area contributed by atoms with Crippen molar-refractivity contribution in [2.75, 3.05) is 7.05 Å². The molecule has 2 bridgehead atoms. The van der Waals surface area contributed by atoms with Gasteiger partial charge in [-0.25, -0.2) is 9.59 Å². The van der Waals surface area contributed by atoms with E-state index in [0.29, 0.717) is 23.1 Å². The zero-order valence-corrected chi connectivity index (χ0v) is 13.4. The number of rotatable bonds is 1. The summed E-state index contributed by atoms with van der Waals surface area (Å²) >= 11 is 0.